The third-order valence-corrected chi connectivity index (χ3v) is 6.29. The number of halogens is 2. The van der Waals surface area contributed by atoms with Crippen LogP contribution in [0.25, 0.3) is 6.08 Å². The number of nitrogens with one attached hydrogen (secondary N) is 2. The number of para-hydroxylation sites is 2. The molecule has 1 fully saturated rings. The molecule has 1 aliphatic heterocycles. The van der Waals surface area contributed by atoms with Gasteiger partial charge in [0.05, 0.1) is 23.5 Å². The summed E-state index contributed by atoms with van der Waals surface area (Å²) in [5.74, 6) is -1.37. The molecule has 4 rings (SSSR count). The van der Waals surface area contributed by atoms with E-state index in [2.05, 4.69) is 10.6 Å². The lowest BCUT2D eigenvalue weighted by Crippen LogP contribution is -2.54. The molecule has 1 aliphatic rings. The molecular formula is C27H21Cl2N3O6. The lowest BCUT2D eigenvalue weighted by atomic mass is 10.1. The van der Waals surface area contributed by atoms with Gasteiger partial charge < -0.3 is 14.8 Å². The lowest BCUT2D eigenvalue weighted by Gasteiger charge is -2.27. The number of rotatable bonds is 7. The van der Waals surface area contributed by atoms with Crippen LogP contribution in [-0.2, 0) is 14.4 Å². The maximum absolute atomic E-state index is 13.2. The van der Waals surface area contributed by atoms with Crippen molar-refractivity contribution >= 4 is 64.4 Å². The van der Waals surface area contributed by atoms with Crippen molar-refractivity contribution in [2.75, 3.05) is 23.9 Å². The summed E-state index contributed by atoms with van der Waals surface area (Å²) >= 11 is 12.5. The van der Waals surface area contributed by atoms with Gasteiger partial charge in [0, 0.05) is 5.02 Å². The number of benzene rings is 3. The molecule has 3 aromatic carbocycles. The summed E-state index contributed by atoms with van der Waals surface area (Å²) in [6.45, 7) is 1.34. The Balaban J connectivity index is 1.50. The molecule has 0 bridgehead atoms. The molecule has 38 heavy (non-hydrogen) atoms. The minimum atomic E-state index is -0.879. The lowest BCUT2D eigenvalue weighted by molar-refractivity contribution is -0.122. The van der Waals surface area contributed by atoms with Gasteiger partial charge >= 0.3 is 6.03 Å². The van der Waals surface area contributed by atoms with Crippen LogP contribution in [-0.4, -0.2) is 37.5 Å². The second-order valence-corrected chi connectivity index (χ2v) is 8.88. The van der Waals surface area contributed by atoms with E-state index in [0.29, 0.717) is 27.6 Å². The van der Waals surface area contributed by atoms with Gasteiger partial charge in [-0.15, -0.1) is 0 Å². The molecule has 0 radical (unpaired) electrons. The smallest absolute Gasteiger partial charge is 0.335 e. The molecule has 0 atom stereocenters. The Morgan fingerprint density at radius 3 is 2.50 bits per heavy atom. The number of ether oxygens (including phenoxy) is 2. The SMILES string of the molecule is COc1ccccc1NC(=O)COc1ccc(/C=C2/C(=O)NC(=O)N(c3cccc(Cl)c3C)C2=O)cc1Cl. The highest BCUT2D eigenvalue weighted by atomic mass is 35.5. The molecule has 2 N–H and O–H groups in total. The number of imide groups is 2. The van der Waals surface area contributed by atoms with Gasteiger partial charge in [-0.05, 0) is 60.5 Å². The molecule has 1 saturated heterocycles. The summed E-state index contributed by atoms with van der Waals surface area (Å²) in [5.41, 5.74) is 1.38. The van der Waals surface area contributed by atoms with Crippen LogP contribution in [0.15, 0.2) is 66.2 Å². The monoisotopic (exact) mass is 553 g/mol. The summed E-state index contributed by atoms with van der Waals surface area (Å²) in [6, 6.07) is 15.4. The summed E-state index contributed by atoms with van der Waals surface area (Å²) in [6.07, 6.45) is 1.31. The number of anilines is 2. The van der Waals surface area contributed by atoms with E-state index in [1.54, 1.807) is 55.5 Å². The topological polar surface area (TPSA) is 114 Å². The Morgan fingerprint density at radius 1 is 1.00 bits per heavy atom. The molecule has 0 spiro atoms. The molecular weight excluding hydrogens is 533 g/mol. The van der Waals surface area contributed by atoms with Crippen LogP contribution >= 0.6 is 23.2 Å². The predicted octanol–water partition coefficient (Wildman–Crippen LogP) is 4.99. The van der Waals surface area contributed by atoms with Crippen LogP contribution < -0.4 is 25.0 Å². The van der Waals surface area contributed by atoms with Crippen LogP contribution in [0, 0.1) is 6.92 Å². The van der Waals surface area contributed by atoms with Crippen molar-refractivity contribution in [2.45, 2.75) is 6.92 Å². The maximum Gasteiger partial charge on any atom is 0.335 e. The summed E-state index contributed by atoms with van der Waals surface area (Å²) in [7, 11) is 1.50. The number of carbonyl (C=O) groups excluding carboxylic acids is 4. The van der Waals surface area contributed by atoms with Crippen LogP contribution in [0.5, 0.6) is 11.5 Å². The van der Waals surface area contributed by atoms with E-state index >= 15 is 0 Å². The first kappa shape index (κ1) is 26.7. The third-order valence-electron chi connectivity index (χ3n) is 5.59. The average Bonchev–Trinajstić information content (AvgIpc) is 2.88. The highest BCUT2D eigenvalue weighted by Gasteiger charge is 2.37. The Morgan fingerprint density at radius 2 is 1.76 bits per heavy atom. The normalized spacial score (nSPS) is 14.4. The summed E-state index contributed by atoms with van der Waals surface area (Å²) in [5, 5.41) is 5.37. The zero-order valence-corrected chi connectivity index (χ0v) is 21.7. The number of methoxy groups -OCH3 is 1. The van der Waals surface area contributed by atoms with E-state index in [9.17, 15) is 19.2 Å². The minimum absolute atomic E-state index is 0.145. The van der Waals surface area contributed by atoms with E-state index in [0.717, 1.165) is 4.90 Å². The first-order valence-corrected chi connectivity index (χ1v) is 12.0. The average molecular weight is 554 g/mol. The fraction of sp³-hybridized carbons (Fsp3) is 0.111. The summed E-state index contributed by atoms with van der Waals surface area (Å²) < 4.78 is 10.7. The van der Waals surface area contributed by atoms with Crippen molar-refractivity contribution in [2.24, 2.45) is 0 Å². The largest absolute Gasteiger partial charge is 0.495 e. The molecule has 3 aromatic rings. The molecule has 9 nitrogen and oxygen atoms in total. The highest BCUT2D eigenvalue weighted by Crippen LogP contribution is 2.31. The number of hydrogen-bond acceptors (Lipinski definition) is 6. The second kappa shape index (κ2) is 11.4. The predicted molar refractivity (Wildman–Crippen MR) is 144 cm³/mol. The van der Waals surface area contributed by atoms with Crippen LogP contribution in [0.2, 0.25) is 10.0 Å². The van der Waals surface area contributed by atoms with Gasteiger partial charge in [-0.1, -0.05) is 47.5 Å². The van der Waals surface area contributed by atoms with Crippen molar-refractivity contribution in [3.05, 3.63) is 87.4 Å². The Kier molecular flexibility index (Phi) is 7.99. The van der Waals surface area contributed by atoms with E-state index < -0.39 is 23.8 Å². The Hall–Kier alpha value is -4.34. The first-order chi connectivity index (χ1) is 18.2. The van der Waals surface area contributed by atoms with Crippen molar-refractivity contribution in [3.63, 3.8) is 0 Å². The number of carbonyl (C=O) groups is 4. The standard InChI is InChI=1S/C27H21Cl2N3O6/c1-15-18(28)6-5-8-21(15)32-26(35)17(25(34)31-27(32)36)12-16-10-11-22(19(29)13-16)38-14-24(33)30-20-7-3-4-9-23(20)37-2/h3-13H,14H2,1-2H3,(H,30,33)(H,31,34,36)/b17-12-. The molecule has 5 amide bonds. The van der Waals surface area contributed by atoms with Gasteiger partial charge in [0.15, 0.2) is 6.61 Å². The minimum Gasteiger partial charge on any atom is -0.495 e. The van der Waals surface area contributed by atoms with Gasteiger partial charge in [0.25, 0.3) is 17.7 Å². The van der Waals surface area contributed by atoms with Crippen molar-refractivity contribution in [1.29, 1.82) is 0 Å². The number of barbiturate groups is 1. The number of urea groups is 1. The molecule has 0 saturated carbocycles. The first-order valence-electron chi connectivity index (χ1n) is 11.2. The number of amides is 5. The van der Waals surface area contributed by atoms with E-state index in [4.69, 9.17) is 32.7 Å². The maximum atomic E-state index is 13.2. The zero-order valence-electron chi connectivity index (χ0n) is 20.2. The van der Waals surface area contributed by atoms with Gasteiger partial charge in [-0.25, -0.2) is 9.69 Å². The molecule has 1 heterocycles. The van der Waals surface area contributed by atoms with E-state index in [1.165, 1.54) is 25.3 Å². The Labute approximate surface area is 227 Å². The zero-order chi connectivity index (χ0) is 27.4. The van der Waals surface area contributed by atoms with Gasteiger partial charge in [0.2, 0.25) is 0 Å². The molecule has 0 aliphatic carbocycles. The van der Waals surface area contributed by atoms with Gasteiger partial charge in [-0.3, -0.25) is 19.7 Å². The molecule has 11 heteroatoms. The van der Waals surface area contributed by atoms with E-state index in [1.807, 2.05) is 0 Å². The van der Waals surface area contributed by atoms with E-state index in [-0.39, 0.29) is 28.6 Å². The van der Waals surface area contributed by atoms with Crippen molar-refractivity contribution < 1.29 is 28.7 Å². The van der Waals surface area contributed by atoms with Crippen LogP contribution in [0.3, 0.4) is 0 Å². The van der Waals surface area contributed by atoms with Crippen LogP contribution in [0.1, 0.15) is 11.1 Å². The van der Waals surface area contributed by atoms with Gasteiger partial charge in [0.1, 0.15) is 17.1 Å². The van der Waals surface area contributed by atoms with Crippen molar-refractivity contribution in [3.8, 4) is 11.5 Å². The number of nitrogens with zero attached hydrogens (tertiary/aromatic N) is 1. The van der Waals surface area contributed by atoms with Gasteiger partial charge in [-0.2, -0.15) is 0 Å². The fourth-order valence-electron chi connectivity index (χ4n) is 3.68. The Bertz CT molecular complexity index is 1490. The van der Waals surface area contributed by atoms with Crippen molar-refractivity contribution in [1.82, 2.24) is 5.32 Å². The number of hydrogen-bond donors (Lipinski definition) is 2. The molecule has 0 aromatic heterocycles. The summed E-state index contributed by atoms with van der Waals surface area (Å²) in [4.78, 5) is 51.3. The van der Waals surface area contributed by atoms with Crippen LogP contribution in [0.4, 0.5) is 16.2 Å². The second-order valence-electron chi connectivity index (χ2n) is 8.07. The quantitative estimate of drug-likeness (QED) is 0.314. The fourth-order valence-corrected chi connectivity index (χ4v) is 4.10. The third kappa shape index (κ3) is 5.64. The highest BCUT2D eigenvalue weighted by molar-refractivity contribution is 6.40. The molecule has 194 valence electrons. The molecule has 0 unspecified atom stereocenters.